The second-order valence-electron chi connectivity index (χ2n) is 8.29. The van der Waals surface area contributed by atoms with Gasteiger partial charge in [-0.05, 0) is 90.0 Å². The van der Waals surface area contributed by atoms with Crippen molar-refractivity contribution in [2.45, 2.75) is 59.3 Å². The monoisotopic (exact) mass is 446 g/mol. The molecule has 2 N–H and O–H groups in total. The number of hydrogen-bond donors (Lipinski definition) is 2. The van der Waals surface area contributed by atoms with E-state index in [9.17, 15) is 0 Å². The maximum Gasteiger partial charge on any atom is 0.119 e. The standard InChI is InChI=1S/C29H38N2O2/c1-5-8-9-10-19-33-28-17-13-26(14-18-28)30-31-29-22(6-2)20-25(21-23(29)7-3)24-11-15-27(32-4)16-12-24/h11-18,20-21,30-31H,5-10,19H2,1-4H3. The molecule has 0 radical (unpaired) electrons. The highest BCUT2D eigenvalue weighted by Crippen LogP contribution is 2.31. The first-order valence-corrected chi connectivity index (χ1v) is 12.2. The Morgan fingerprint density at radius 3 is 1.88 bits per heavy atom. The summed E-state index contributed by atoms with van der Waals surface area (Å²) in [6.45, 7) is 7.41. The molecule has 0 fully saturated rings. The topological polar surface area (TPSA) is 42.5 Å². The van der Waals surface area contributed by atoms with E-state index in [1.807, 2.05) is 24.3 Å². The highest BCUT2D eigenvalue weighted by atomic mass is 16.5. The maximum atomic E-state index is 5.86. The van der Waals surface area contributed by atoms with Crippen molar-refractivity contribution in [3.63, 3.8) is 0 Å². The smallest absolute Gasteiger partial charge is 0.119 e. The summed E-state index contributed by atoms with van der Waals surface area (Å²) in [7, 11) is 1.70. The minimum absolute atomic E-state index is 0.783. The maximum absolute atomic E-state index is 5.86. The minimum Gasteiger partial charge on any atom is -0.497 e. The van der Waals surface area contributed by atoms with Crippen molar-refractivity contribution < 1.29 is 9.47 Å². The summed E-state index contributed by atoms with van der Waals surface area (Å²) in [4.78, 5) is 0. The van der Waals surface area contributed by atoms with E-state index in [4.69, 9.17) is 9.47 Å². The van der Waals surface area contributed by atoms with E-state index < -0.39 is 0 Å². The van der Waals surface area contributed by atoms with Gasteiger partial charge in [0.1, 0.15) is 11.5 Å². The second kappa shape index (κ2) is 12.8. The summed E-state index contributed by atoms with van der Waals surface area (Å²) in [5.74, 6) is 1.80. The van der Waals surface area contributed by atoms with Crippen molar-refractivity contribution in [3.8, 4) is 22.6 Å². The molecule has 4 heteroatoms. The van der Waals surface area contributed by atoms with Crippen LogP contribution < -0.4 is 20.3 Å². The highest BCUT2D eigenvalue weighted by Gasteiger charge is 2.11. The molecule has 4 nitrogen and oxygen atoms in total. The lowest BCUT2D eigenvalue weighted by Gasteiger charge is -2.19. The van der Waals surface area contributed by atoms with Crippen LogP contribution in [0.15, 0.2) is 60.7 Å². The zero-order valence-electron chi connectivity index (χ0n) is 20.5. The van der Waals surface area contributed by atoms with Gasteiger partial charge in [0.25, 0.3) is 0 Å². The Morgan fingerprint density at radius 1 is 0.667 bits per heavy atom. The Hall–Kier alpha value is -3.14. The molecule has 0 saturated heterocycles. The zero-order valence-corrected chi connectivity index (χ0v) is 20.5. The molecule has 0 aliphatic heterocycles. The van der Waals surface area contributed by atoms with Gasteiger partial charge in [0.05, 0.1) is 25.1 Å². The minimum atomic E-state index is 0.783. The van der Waals surface area contributed by atoms with Crippen molar-refractivity contribution in [3.05, 3.63) is 71.8 Å². The molecule has 0 saturated carbocycles. The Labute approximate surface area is 199 Å². The molecule has 3 aromatic rings. The van der Waals surface area contributed by atoms with Crippen LogP contribution in [0.4, 0.5) is 11.4 Å². The van der Waals surface area contributed by atoms with Crippen LogP contribution in [0, 0.1) is 0 Å². The van der Waals surface area contributed by atoms with Crippen LogP contribution in [0.3, 0.4) is 0 Å². The lowest BCUT2D eigenvalue weighted by molar-refractivity contribution is 0.305. The van der Waals surface area contributed by atoms with Gasteiger partial charge >= 0.3 is 0 Å². The molecule has 3 aromatic carbocycles. The van der Waals surface area contributed by atoms with E-state index in [0.717, 1.165) is 48.7 Å². The van der Waals surface area contributed by atoms with Crippen molar-refractivity contribution >= 4 is 11.4 Å². The average Bonchev–Trinajstić information content (AvgIpc) is 2.87. The van der Waals surface area contributed by atoms with Crippen LogP contribution in [0.25, 0.3) is 11.1 Å². The molecule has 33 heavy (non-hydrogen) atoms. The summed E-state index contributed by atoms with van der Waals surface area (Å²) >= 11 is 0. The average molecular weight is 447 g/mol. The SMILES string of the molecule is CCCCCCOc1ccc(NNc2c(CC)cc(-c3ccc(OC)cc3)cc2CC)cc1. The molecular formula is C29H38N2O2. The van der Waals surface area contributed by atoms with Gasteiger partial charge in [-0.15, -0.1) is 0 Å². The molecule has 0 aliphatic carbocycles. The Balaban J connectivity index is 1.67. The van der Waals surface area contributed by atoms with Gasteiger partial charge in [0, 0.05) is 0 Å². The predicted molar refractivity (Wildman–Crippen MR) is 141 cm³/mol. The molecule has 176 valence electrons. The van der Waals surface area contributed by atoms with Crippen LogP contribution in [0.2, 0.25) is 0 Å². The van der Waals surface area contributed by atoms with Gasteiger partial charge in [-0.1, -0.05) is 52.2 Å². The fraction of sp³-hybridized carbons (Fsp3) is 0.379. The van der Waals surface area contributed by atoms with Crippen LogP contribution in [-0.4, -0.2) is 13.7 Å². The van der Waals surface area contributed by atoms with Gasteiger partial charge in [-0.2, -0.15) is 0 Å². The number of nitrogens with one attached hydrogen (secondary N) is 2. The van der Waals surface area contributed by atoms with E-state index in [1.54, 1.807) is 7.11 Å². The summed E-state index contributed by atoms with van der Waals surface area (Å²) in [6, 6.07) is 21.0. The number of methoxy groups -OCH3 is 1. The van der Waals surface area contributed by atoms with Crippen LogP contribution in [-0.2, 0) is 12.8 Å². The largest absolute Gasteiger partial charge is 0.497 e. The Morgan fingerprint density at radius 2 is 1.30 bits per heavy atom. The third-order valence-corrected chi connectivity index (χ3v) is 5.94. The van der Waals surface area contributed by atoms with E-state index in [-0.39, 0.29) is 0 Å². The van der Waals surface area contributed by atoms with Crippen molar-refractivity contribution in [2.75, 3.05) is 24.6 Å². The number of unbranched alkanes of at least 4 members (excludes halogenated alkanes) is 3. The number of hydrogen-bond acceptors (Lipinski definition) is 4. The molecule has 0 aromatic heterocycles. The number of aryl methyl sites for hydroxylation is 2. The lowest BCUT2D eigenvalue weighted by Crippen LogP contribution is -2.12. The first kappa shape index (κ1) is 24.5. The summed E-state index contributed by atoms with van der Waals surface area (Å²) < 4.78 is 11.2. The van der Waals surface area contributed by atoms with Crippen molar-refractivity contribution in [2.24, 2.45) is 0 Å². The van der Waals surface area contributed by atoms with E-state index in [1.165, 1.54) is 41.5 Å². The second-order valence-corrected chi connectivity index (χ2v) is 8.29. The van der Waals surface area contributed by atoms with Crippen molar-refractivity contribution in [1.82, 2.24) is 0 Å². The third-order valence-electron chi connectivity index (χ3n) is 5.94. The fourth-order valence-electron chi connectivity index (χ4n) is 3.92. The molecular weight excluding hydrogens is 408 g/mol. The summed E-state index contributed by atoms with van der Waals surface area (Å²) in [5, 5.41) is 0. The zero-order chi connectivity index (χ0) is 23.5. The van der Waals surface area contributed by atoms with Gasteiger partial charge in [0.2, 0.25) is 0 Å². The number of rotatable bonds is 13. The van der Waals surface area contributed by atoms with E-state index in [2.05, 4.69) is 68.0 Å². The predicted octanol–water partition coefficient (Wildman–Crippen LogP) is 7.89. The quantitative estimate of drug-likeness (QED) is 0.207. The third kappa shape index (κ3) is 6.92. The van der Waals surface area contributed by atoms with Crippen molar-refractivity contribution in [1.29, 1.82) is 0 Å². The first-order valence-electron chi connectivity index (χ1n) is 12.2. The van der Waals surface area contributed by atoms with Gasteiger partial charge in [-0.25, -0.2) is 0 Å². The van der Waals surface area contributed by atoms with E-state index >= 15 is 0 Å². The fourth-order valence-corrected chi connectivity index (χ4v) is 3.92. The Kier molecular flexibility index (Phi) is 9.49. The van der Waals surface area contributed by atoms with Crippen LogP contribution in [0.1, 0.15) is 57.6 Å². The van der Waals surface area contributed by atoms with E-state index in [0.29, 0.717) is 0 Å². The van der Waals surface area contributed by atoms with Gasteiger partial charge in [0.15, 0.2) is 0 Å². The number of anilines is 2. The van der Waals surface area contributed by atoms with Crippen LogP contribution >= 0.6 is 0 Å². The summed E-state index contributed by atoms with van der Waals surface area (Å²) in [5.41, 5.74) is 14.0. The molecule has 0 bridgehead atoms. The normalized spacial score (nSPS) is 10.7. The molecule has 3 rings (SSSR count). The van der Waals surface area contributed by atoms with Gasteiger partial charge < -0.3 is 20.3 Å². The molecule has 0 amide bonds. The van der Waals surface area contributed by atoms with Gasteiger partial charge in [-0.3, -0.25) is 0 Å². The number of hydrazine groups is 1. The number of ether oxygens (including phenoxy) is 2. The summed E-state index contributed by atoms with van der Waals surface area (Å²) in [6.07, 6.45) is 6.77. The lowest BCUT2D eigenvalue weighted by atomic mass is 9.95. The first-order chi connectivity index (χ1) is 16.2. The Bertz CT molecular complexity index is 957. The number of benzene rings is 3. The molecule has 0 atom stereocenters. The highest BCUT2D eigenvalue weighted by molar-refractivity contribution is 5.73. The molecule has 0 spiro atoms. The molecule has 0 heterocycles. The molecule has 0 aliphatic rings. The molecule has 0 unspecified atom stereocenters. The van der Waals surface area contributed by atoms with Crippen LogP contribution in [0.5, 0.6) is 11.5 Å².